The molecule has 0 saturated heterocycles. The first-order valence-electron chi connectivity index (χ1n) is 9.20. The Bertz CT molecular complexity index is 963. The Morgan fingerprint density at radius 1 is 1.21 bits per heavy atom. The van der Waals surface area contributed by atoms with Gasteiger partial charge in [-0.05, 0) is 30.2 Å². The van der Waals surface area contributed by atoms with Crippen molar-refractivity contribution >= 4 is 35.0 Å². The maximum Gasteiger partial charge on any atom is 0.234 e. The van der Waals surface area contributed by atoms with E-state index in [1.165, 1.54) is 11.8 Å². The Hall–Kier alpha value is -2.35. The number of benzene rings is 2. The molecule has 0 fully saturated rings. The van der Waals surface area contributed by atoms with Crippen LogP contribution in [0.1, 0.15) is 17.0 Å². The Kier molecular flexibility index (Phi) is 7.69. The molecule has 8 heteroatoms. The first-order chi connectivity index (χ1) is 14.1. The second-order valence-corrected chi connectivity index (χ2v) is 7.88. The van der Waals surface area contributed by atoms with Crippen LogP contribution in [-0.2, 0) is 22.5 Å². The van der Waals surface area contributed by atoms with E-state index in [0.717, 1.165) is 17.0 Å². The van der Waals surface area contributed by atoms with Gasteiger partial charge in [0.05, 0.1) is 12.4 Å². The molecule has 3 aromatic rings. The Balaban J connectivity index is 1.67. The van der Waals surface area contributed by atoms with Crippen LogP contribution in [0.15, 0.2) is 53.7 Å². The van der Waals surface area contributed by atoms with E-state index >= 15 is 0 Å². The highest BCUT2D eigenvalue weighted by Crippen LogP contribution is 2.22. The van der Waals surface area contributed by atoms with Crippen LogP contribution in [0.4, 0.5) is 5.69 Å². The number of ether oxygens (including phenoxy) is 1. The fourth-order valence-corrected chi connectivity index (χ4v) is 3.74. The fraction of sp³-hybridized carbons (Fsp3) is 0.286. The van der Waals surface area contributed by atoms with Crippen molar-refractivity contribution in [3.05, 3.63) is 70.5 Å². The molecule has 152 valence electrons. The number of rotatable bonds is 9. The summed E-state index contributed by atoms with van der Waals surface area (Å²) < 4.78 is 7.24. The van der Waals surface area contributed by atoms with Gasteiger partial charge in [-0.2, -0.15) is 0 Å². The molecule has 0 atom stereocenters. The summed E-state index contributed by atoms with van der Waals surface area (Å²) in [5.74, 6) is 0.954. The molecule has 0 saturated carbocycles. The van der Waals surface area contributed by atoms with Crippen LogP contribution < -0.4 is 5.32 Å². The summed E-state index contributed by atoms with van der Waals surface area (Å²) in [4.78, 5) is 12.4. The third kappa shape index (κ3) is 6.06. The molecule has 2 aromatic carbocycles. The van der Waals surface area contributed by atoms with Crippen LogP contribution in [0, 0.1) is 6.92 Å². The molecule has 0 aliphatic carbocycles. The van der Waals surface area contributed by atoms with Gasteiger partial charge in [0.1, 0.15) is 5.82 Å². The predicted molar refractivity (Wildman–Crippen MR) is 117 cm³/mol. The molecule has 3 rings (SSSR count). The largest absolute Gasteiger partial charge is 0.383 e. The normalized spacial score (nSPS) is 10.9. The van der Waals surface area contributed by atoms with Crippen molar-refractivity contribution in [3.8, 4) is 0 Å². The van der Waals surface area contributed by atoms with Gasteiger partial charge < -0.3 is 14.6 Å². The van der Waals surface area contributed by atoms with Crippen LogP contribution in [0.25, 0.3) is 0 Å². The summed E-state index contributed by atoms with van der Waals surface area (Å²) in [6.45, 7) is 3.10. The zero-order chi connectivity index (χ0) is 20.6. The highest BCUT2D eigenvalue weighted by molar-refractivity contribution is 7.99. The number of nitrogens with one attached hydrogen (secondary N) is 1. The van der Waals surface area contributed by atoms with E-state index < -0.39 is 0 Å². The Labute approximate surface area is 179 Å². The maximum absolute atomic E-state index is 12.4. The fourth-order valence-electron chi connectivity index (χ4n) is 2.79. The standard InChI is InChI=1S/C21H23ClN4O2S/c1-15-8-9-17(22)13-18(15)23-20(27)14-29-21-25-24-19(26(21)10-11-28-2)12-16-6-4-3-5-7-16/h3-9,13H,10-12,14H2,1-2H3,(H,23,27). The zero-order valence-corrected chi connectivity index (χ0v) is 18.0. The minimum absolute atomic E-state index is 0.119. The molecule has 1 aromatic heterocycles. The van der Waals surface area contributed by atoms with Crippen molar-refractivity contribution in [3.63, 3.8) is 0 Å². The number of carbonyl (C=O) groups excluding carboxylic acids is 1. The predicted octanol–water partition coefficient (Wildman–Crippen LogP) is 4.21. The van der Waals surface area contributed by atoms with E-state index in [1.54, 1.807) is 19.2 Å². The summed E-state index contributed by atoms with van der Waals surface area (Å²) in [7, 11) is 1.66. The van der Waals surface area contributed by atoms with Gasteiger partial charge >= 0.3 is 0 Å². The summed E-state index contributed by atoms with van der Waals surface area (Å²) in [5, 5.41) is 12.8. The first-order valence-corrected chi connectivity index (χ1v) is 10.6. The highest BCUT2D eigenvalue weighted by Gasteiger charge is 2.15. The van der Waals surface area contributed by atoms with Crippen LogP contribution >= 0.6 is 23.4 Å². The van der Waals surface area contributed by atoms with E-state index in [4.69, 9.17) is 16.3 Å². The quantitative estimate of drug-likeness (QED) is 0.515. The lowest BCUT2D eigenvalue weighted by Gasteiger charge is -2.11. The van der Waals surface area contributed by atoms with Crippen molar-refractivity contribution in [2.24, 2.45) is 0 Å². The average Bonchev–Trinajstić information content (AvgIpc) is 3.09. The molecule has 0 unspecified atom stereocenters. The number of nitrogens with zero attached hydrogens (tertiary/aromatic N) is 3. The van der Waals surface area contributed by atoms with Crippen LogP contribution in [0.3, 0.4) is 0 Å². The molecular weight excluding hydrogens is 408 g/mol. The molecule has 0 aliphatic heterocycles. The number of aryl methyl sites for hydroxylation is 1. The zero-order valence-electron chi connectivity index (χ0n) is 16.4. The molecule has 29 heavy (non-hydrogen) atoms. The molecule has 0 spiro atoms. The van der Waals surface area contributed by atoms with Crippen molar-refractivity contribution < 1.29 is 9.53 Å². The van der Waals surface area contributed by atoms with Gasteiger partial charge in [-0.1, -0.05) is 59.8 Å². The summed E-state index contributed by atoms with van der Waals surface area (Å²) in [6.07, 6.45) is 0.673. The van der Waals surface area contributed by atoms with E-state index in [1.807, 2.05) is 35.8 Å². The smallest absolute Gasteiger partial charge is 0.234 e. The molecule has 0 radical (unpaired) electrons. The molecular formula is C21H23ClN4O2S. The Morgan fingerprint density at radius 2 is 2.00 bits per heavy atom. The number of thioether (sulfide) groups is 1. The number of hydrogen-bond acceptors (Lipinski definition) is 5. The molecule has 0 bridgehead atoms. The van der Waals surface area contributed by atoms with Crippen LogP contribution in [0.2, 0.25) is 5.02 Å². The highest BCUT2D eigenvalue weighted by atomic mass is 35.5. The third-order valence-electron chi connectivity index (χ3n) is 4.32. The molecule has 1 amide bonds. The van der Waals surface area contributed by atoms with Gasteiger partial charge in [0.25, 0.3) is 0 Å². The Morgan fingerprint density at radius 3 is 2.76 bits per heavy atom. The van der Waals surface area contributed by atoms with Crippen molar-refractivity contribution in [1.29, 1.82) is 0 Å². The van der Waals surface area contributed by atoms with Gasteiger partial charge in [0.2, 0.25) is 5.91 Å². The molecule has 6 nitrogen and oxygen atoms in total. The minimum Gasteiger partial charge on any atom is -0.383 e. The molecule has 1 heterocycles. The van der Waals surface area contributed by atoms with Crippen molar-refractivity contribution in [2.75, 3.05) is 24.8 Å². The second kappa shape index (κ2) is 10.4. The number of amides is 1. The number of hydrogen-bond donors (Lipinski definition) is 1. The summed E-state index contributed by atoms with van der Waals surface area (Å²) >= 11 is 7.38. The summed E-state index contributed by atoms with van der Waals surface area (Å²) in [5.41, 5.74) is 2.83. The number of carbonyl (C=O) groups is 1. The van der Waals surface area contributed by atoms with Crippen LogP contribution in [-0.4, -0.2) is 40.1 Å². The average molecular weight is 431 g/mol. The van der Waals surface area contributed by atoms with Gasteiger partial charge in [-0.3, -0.25) is 4.79 Å². The first kappa shape index (κ1) is 21.4. The van der Waals surface area contributed by atoms with Gasteiger partial charge in [0, 0.05) is 30.8 Å². The lowest BCUT2D eigenvalue weighted by atomic mass is 10.1. The lowest BCUT2D eigenvalue weighted by Crippen LogP contribution is -2.16. The van der Waals surface area contributed by atoms with Gasteiger partial charge in [-0.15, -0.1) is 10.2 Å². The maximum atomic E-state index is 12.4. The van der Waals surface area contributed by atoms with E-state index in [0.29, 0.717) is 35.4 Å². The van der Waals surface area contributed by atoms with Crippen molar-refractivity contribution in [1.82, 2.24) is 14.8 Å². The second-order valence-electron chi connectivity index (χ2n) is 6.50. The molecule has 0 aliphatic rings. The number of halogens is 1. The number of methoxy groups -OCH3 is 1. The minimum atomic E-state index is -0.119. The SMILES string of the molecule is COCCn1c(Cc2ccccc2)nnc1SCC(=O)Nc1cc(Cl)ccc1C. The van der Waals surface area contributed by atoms with Crippen LogP contribution in [0.5, 0.6) is 0 Å². The molecule has 1 N–H and O–H groups in total. The third-order valence-corrected chi connectivity index (χ3v) is 5.53. The topological polar surface area (TPSA) is 69.0 Å². The van der Waals surface area contributed by atoms with Gasteiger partial charge in [-0.25, -0.2) is 0 Å². The summed E-state index contributed by atoms with van der Waals surface area (Å²) in [6, 6.07) is 15.5. The van der Waals surface area contributed by atoms with E-state index in [-0.39, 0.29) is 11.7 Å². The monoisotopic (exact) mass is 430 g/mol. The van der Waals surface area contributed by atoms with E-state index in [2.05, 4.69) is 27.6 Å². The lowest BCUT2D eigenvalue weighted by molar-refractivity contribution is -0.113. The van der Waals surface area contributed by atoms with E-state index in [9.17, 15) is 4.79 Å². The number of anilines is 1. The number of aromatic nitrogens is 3. The van der Waals surface area contributed by atoms with Gasteiger partial charge in [0.15, 0.2) is 5.16 Å². The van der Waals surface area contributed by atoms with Crippen molar-refractivity contribution in [2.45, 2.75) is 25.0 Å².